The largest absolute Gasteiger partial charge is 0.444 e. The number of oxazole rings is 1. The first kappa shape index (κ1) is 24.4. The molecule has 1 aromatic heterocycles. The zero-order chi connectivity index (χ0) is 19.9. The van der Waals surface area contributed by atoms with Crippen LogP contribution in [-0.4, -0.2) is 48.1 Å². The van der Waals surface area contributed by atoms with Gasteiger partial charge in [-0.1, -0.05) is 6.92 Å². The van der Waals surface area contributed by atoms with Crippen molar-refractivity contribution in [3.63, 3.8) is 0 Å². The Morgan fingerprint density at radius 3 is 2.41 bits per heavy atom. The number of likely N-dealkylation sites (tertiary alicyclic amines) is 1. The number of guanidine groups is 1. The molecule has 0 aromatic carbocycles. The fourth-order valence-corrected chi connectivity index (χ4v) is 4.26. The molecule has 1 aliphatic carbocycles. The van der Waals surface area contributed by atoms with Crippen molar-refractivity contribution in [3.8, 4) is 0 Å². The van der Waals surface area contributed by atoms with Crippen LogP contribution in [0.15, 0.2) is 9.41 Å². The lowest BCUT2D eigenvalue weighted by atomic mass is 9.87. The van der Waals surface area contributed by atoms with Crippen LogP contribution < -0.4 is 10.6 Å². The van der Waals surface area contributed by atoms with E-state index in [4.69, 9.17) is 9.41 Å². The number of halogens is 1. The Balaban J connectivity index is 0.00000300. The van der Waals surface area contributed by atoms with Gasteiger partial charge in [0.05, 0.1) is 12.2 Å². The van der Waals surface area contributed by atoms with Crippen molar-refractivity contribution in [1.82, 2.24) is 20.5 Å². The standard InChI is InChI=1S/C22H39N5O.HI/c1-5-23-22(26-20-8-6-16(2)7-9-20)24-14-19-10-12-27(13-11-19)15-21-25-17(3)18(4)28-21;/h16,19-20H,5-15H2,1-4H3,(H2,23,24,26);1H. The molecule has 2 fully saturated rings. The molecule has 166 valence electrons. The molecule has 29 heavy (non-hydrogen) atoms. The van der Waals surface area contributed by atoms with Gasteiger partial charge in [0.1, 0.15) is 5.76 Å². The minimum absolute atomic E-state index is 0. The first-order chi connectivity index (χ1) is 13.5. The zero-order valence-electron chi connectivity index (χ0n) is 18.7. The normalized spacial score (nSPS) is 24.2. The molecule has 0 bridgehead atoms. The van der Waals surface area contributed by atoms with Crippen LogP contribution in [0.2, 0.25) is 0 Å². The topological polar surface area (TPSA) is 65.7 Å². The summed E-state index contributed by atoms with van der Waals surface area (Å²) >= 11 is 0. The fraction of sp³-hybridized carbons (Fsp3) is 0.818. The van der Waals surface area contributed by atoms with Gasteiger partial charge in [0, 0.05) is 19.1 Å². The average Bonchev–Trinajstić information content (AvgIpc) is 3.00. The summed E-state index contributed by atoms with van der Waals surface area (Å²) in [5.74, 6) is 4.36. The molecule has 2 N–H and O–H groups in total. The maximum absolute atomic E-state index is 5.74. The van der Waals surface area contributed by atoms with Crippen LogP contribution in [0.25, 0.3) is 0 Å². The molecule has 0 unspecified atom stereocenters. The highest BCUT2D eigenvalue weighted by Gasteiger charge is 2.22. The number of rotatable bonds is 6. The first-order valence-corrected chi connectivity index (χ1v) is 11.2. The summed E-state index contributed by atoms with van der Waals surface area (Å²) in [5.41, 5.74) is 1.01. The van der Waals surface area contributed by atoms with Crippen LogP contribution in [-0.2, 0) is 6.54 Å². The predicted molar refractivity (Wildman–Crippen MR) is 130 cm³/mol. The third kappa shape index (κ3) is 7.74. The highest BCUT2D eigenvalue weighted by Crippen LogP contribution is 2.23. The second-order valence-corrected chi connectivity index (χ2v) is 8.79. The molecular formula is C22H40IN5O. The minimum atomic E-state index is 0. The summed E-state index contributed by atoms with van der Waals surface area (Å²) in [6, 6.07) is 0.587. The highest BCUT2D eigenvalue weighted by molar-refractivity contribution is 14.0. The van der Waals surface area contributed by atoms with Gasteiger partial charge < -0.3 is 15.1 Å². The molecule has 6 nitrogen and oxygen atoms in total. The van der Waals surface area contributed by atoms with Crippen LogP contribution in [0.1, 0.15) is 69.7 Å². The van der Waals surface area contributed by atoms with Gasteiger partial charge in [0.2, 0.25) is 5.89 Å². The lowest BCUT2D eigenvalue weighted by molar-refractivity contribution is 0.166. The predicted octanol–water partition coefficient (Wildman–Crippen LogP) is 4.26. The summed E-state index contributed by atoms with van der Waals surface area (Å²) in [6.07, 6.45) is 7.59. The van der Waals surface area contributed by atoms with Crippen molar-refractivity contribution in [2.24, 2.45) is 16.8 Å². The number of aryl methyl sites for hydroxylation is 2. The zero-order valence-corrected chi connectivity index (χ0v) is 21.0. The minimum Gasteiger partial charge on any atom is -0.444 e. The highest BCUT2D eigenvalue weighted by atomic mass is 127. The van der Waals surface area contributed by atoms with Gasteiger partial charge in [-0.15, -0.1) is 24.0 Å². The van der Waals surface area contributed by atoms with Crippen molar-refractivity contribution in [3.05, 3.63) is 17.3 Å². The maximum atomic E-state index is 5.74. The third-order valence-electron chi connectivity index (χ3n) is 6.35. The molecule has 0 spiro atoms. The van der Waals surface area contributed by atoms with E-state index >= 15 is 0 Å². The maximum Gasteiger partial charge on any atom is 0.208 e. The van der Waals surface area contributed by atoms with Crippen LogP contribution in [0, 0.1) is 25.7 Å². The van der Waals surface area contributed by atoms with E-state index in [1.165, 1.54) is 38.5 Å². The van der Waals surface area contributed by atoms with E-state index < -0.39 is 0 Å². The van der Waals surface area contributed by atoms with E-state index in [9.17, 15) is 0 Å². The summed E-state index contributed by atoms with van der Waals surface area (Å²) in [6.45, 7) is 13.4. The van der Waals surface area contributed by atoms with Gasteiger partial charge in [-0.3, -0.25) is 9.89 Å². The Bertz CT molecular complexity index is 612. The Labute approximate surface area is 193 Å². The van der Waals surface area contributed by atoms with Crippen LogP contribution in [0.3, 0.4) is 0 Å². The number of hydrogen-bond acceptors (Lipinski definition) is 4. The van der Waals surface area contributed by atoms with Gasteiger partial charge >= 0.3 is 0 Å². The Hall–Kier alpha value is -0.830. The summed E-state index contributed by atoms with van der Waals surface area (Å²) in [4.78, 5) is 11.9. The molecule has 1 saturated heterocycles. The average molecular weight is 518 g/mol. The number of hydrogen-bond donors (Lipinski definition) is 2. The first-order valence-electron chi connectivity index (χ1n) is 11.2. The fourth-order valence-electron chi connectivity index (χ4n) is 4.26. The molecule has 2 aliphatic rings. The Morgan fingerprint density at radius 2 is 1.83 bits per heavy atom. The molecular weight excluding hydrogens is 477 g/mol. The molecule has 3 rings (SSSR count). The molecule has 1 aliphatic heterocycles. The van der Waals surface area contributed by atoms with Gasteiger partial charge in [0.25, 0.3) is 0 Å². The number of aliphatic imine (C=N–C) groups is 1. The third-order valence-corrected chi connectivity index (χ3v) is 6.35. The van der Waals surface area contributed by atoms with Gasteiger partial charge in [-0.25, -0.2) is 4.98 Å². The molecule has 1 saturated carbocycles. The number of aromatic nitrogens is 1. The van der Waals surface area contributed by atoms with Gasteiger partial charge in [-0.05, 0) is 84.2 Å². The van der Waals surface area contributed by atoms with Crippen molar-refractivity contribution >= 4 is 29.9 Å². The van der Waals surface area contributed by atoms with Crippen molar-refractivity contribution in [2.45, 2.75) is 78.8 Å². The summed E-state index contributed by atoms with van der Waals surface area (Å²) < 4.78 is 5.74. The molecule has 1 aromatic rings. The van der Waals surface area contributed by atoms with Gasteiger partial charge in [-0.2, -0.15) is 0 Å². The second-order valence-electron chi connectivity index (χ2n) is 8.79. The Kier molecular flexibility index (Phi) is 10.2. The quantitative estimate of drug-likeness (QED) is 0.336. The molecule has 0 atom stereocenters. The van der Waals surface area contributed by atoms with E-state index in [0.29, 0.717) is 12.0 Å². The SMILES string of the molecule is CCNC(=NCC1CCN(Cc2nc(C)c(C)o2)CC1)NC1CCC(C)CC1.I. The van der Waals surface area contributed by atoms with E-state index in [0.717, 1.165) is 61.9 Å². The molecule has 0 radical (unpaired) electrons. The van der Waals surface area contributed by atoms with Crippen molar-refractivity contribution < 1.29 is 4.42 Å². The number of piperidine rings is 1. The van der Waals surface area contributed by atoms with Crippen molar-refractivity contribution in [1.29, 1.82) is 0 Å². The van der Waals surface area contributed by atoms with E-state index in [2.05, 4.69) is 34.4 Å². The van der Waals surface area contributed by atoms with Crippen molar-refractivity contribution in [2.75, 3.05) is 26.2 Å². The van der Waals surface area contributed by atoms with E-state index in [-0.39, 0.29) is 24.0 Å². The molecule has 0 amide bonds. The smallest absolute Gasteiger partial charge is 0.208 e. The van der Waals surface area contributed by atoms with Crippen LogP contribution >= 0.6 is 24.0 Å². The second kappa shape index (κ2) is 12.1. The van der Waals surface area contributed by atoms with Gasteiger partial charge in [0.15, 0.2) is 5.96 Å². The number of nitrogens with zero attached hydrogens (tertiary/aromatic N) is 3. The summed E-state index contributed by atoms with van der Waals surface area (Å²) in [5, 5.41) is 7.11. The van der Waals surface area contributed by atoms with E-state index in [1.807, 2.05) is 13.8 Å². The lowest BCUT2D eigenvalue weighted by Gasteiger charge is -2.31. The lowest BCUT2D eigenvalue weighted by Crippen LogP contribution is -2.45. The van der Waals surface area contributed by atoms with E-state index in [1.54, 1.807) is 0 Å². The summed E-state index contributed by atoms with van der Waals surface area (Å²) in [7, 11) is 0. The molecule has 2 heterocycles. The number of nitrogens with one attached hydrogen (secondary N) is 2. The Morgan fingerprint density at radius 1 is 1.14 bits per heavy atom. The molecule has 7 heteroatoms. The monoisotopic (exact) mass is 517 g/mol. The van der Waals surface area contributed by atoms with Crippen LogP contribution in [0.5, 0.6) is 0 Å². The van der Waals surface area contributed by atoms with Crippen LogP contribution in [0.4, 0.5) is 0 Å².